The molecule has 0 bridgehead atoms. The van der Waals surface area contributed by atoms with Gasteiger partial charge in [-0.05, 0) is 110 Å². The maximum Gasteiger partial charge on any atom is 0.509 e. The molecular formula is C57H101NO9. The van der Waals surface area contributed by atoms with Crippen molar-refractivity contribution in [3.05, 3.63) is 48.6 Å². The molecule has 0 radical (unpaired) electrons. The number of hydrogen-bond acceptors (Lipinski definition) is 10. The van der Waals surface area contributed by atoms with E-state index in [0.717, 1.165) is 103 Å². The molecule has 0 fully saturated rings. The Morgan fingerprint density at radius 1 is 0.433 bits per heavy atom. The summed E-state index contributed by atoms with van der Waals surface area (Å²) in [6.45, 7) is 7.03. The normalized spacial score (nSPS) is 12.7. The van der Waals surface area contributed by atoms with E-state index in [4.69, 9.17) is 23.7 Å². The van der Waals surface area contributed by atoms with Crippen LogP contribution in [0.15, 0.2) is 48.6 Å². The topological polar surface area (TPSA) is 118 Å². The van der Waals surface area contributed by atoms with Gasteiger partial charge in [-0.15, -0.1) is 0 Å². The molecule has 1 unspecified atom stereocenters. The number of unbranched alkanes of at least 4 members (excludes halogenated alkanes) is 23. The first-order chi connectivity index (χ1) is 32.7. The van der Waals surface area contributed by atoms with Crippen LogP contribution in [-0.2, 0) is 38.1 Å². The highest BCUT2D eigenvalue weighted by molar-refractivity contribution is 5.77. The number of carbonyl (C=O) groups is 4. The first-order valence-corrected chi connectivity index (χ1v) is 27.3. The van der Waals surface area contributed by atoms with Gasteiger partial charge in [-0.25, -0.2) is 9.59 Å². The number of ether oxygens (including phenoxy) is 5. The van der Waals surface area contributed by atoms with Crippen LogP contribution in [0.4, 0.5) is 4.79 Å². The molecule has 0 aromatic heterocycles. The highest BCUT2D eigenvalue weighted by Crippen LogP contribution is 2.16. The summed E-state index contributed by atoms with van der Waals surface area (Å²) >= 11 is 0. The van der Waals surface area contributed by atoms with E-state index in [2.05, 4.69) is 69.4 Å². The Kier molecular flexibility index (Phi) is 47.9. The summed E-state index contributed by atoms with van der Waals surface area (Å²) in [6.07, 6.45) is 48.7. The minimum atomic E-state index is -1.20. The molecule has 1 atom stereocenters. The molecule has 0 N–H and O–H groups in total. The van der Waals surface area contributed by atoms with E-state index in [1.165, 1.54) is 77.0 Å². The van der Waals surface area contributed by atoms with Crippen LogP contribution in [-0.4, -0.2) is 81.6 Å². The van der Waals surface area contributed by atoms with Crippen LogP contribution in [0.2, 0.25) is 0 Å². The molecular weight excluding hydrogens is 843 g/mol. The summed E-state index contributed by atoms with van der Waals surface area (Å²) in [6, 6.07) is 0. The quantitative estimate of drug-likeness (QED) is 0.0252. The van der Waals surface area contributed by atoms with Crippen LogP contribution in [0.1, 0.15) is 239 Å². The number of esters is 3. The predicted octanol–water partition coefficient (Wildman–Crippen LogP) is 15.6. The Hall–Kier alpha value is -3.40. The van der Waals surface area contributed by atoms with E-state index < -0.39 is 36.3 Å². The van der Waals surface area contributed by atoms with E-state index in [0.29, 0.717) is 25.7 Å². The van der Waals surface area contributed by atoms with Crippen molar-refractivity contribution in [1.29, 1.82) is 0 Å². The Balaban J connectivity index is 5.12. The zero-order valence-corrected chi connectivity index (χ0v) is 43.8. The molecule has 0 aromatic carbocycles. The molecule has 0 aliphatic carbocycles. The van der Waals surface area contributed by atoms with Gasteiger partial charge in [0.1, 0.15) is 13.2 Å². The van der Waals surface area contributed by atoms with E-state index in [1.54, 1.807) is 0 Å². The molecule has 10 nitrogen and oxygen atoms in total. The molecule has 0 rings (SSSR count). The van der Waals surface area contributed by atoms with Gasteiger partial charge in [0.2, 0.25) is 6.10 Å². The maximum atomic E-state index is 13.6. The molecule has 67 heavy (non-hydrogen) atoms. The largest absolute Gasteiger partial charge is 0.509 e. The van der Waals surface area contributed by atoms with Gasteiger partial charge in [0.25, 0.3) is 0 Å². The summed E-state index contributed by atoms with van der Waals surface area (Å²) in [5.41, 5.74) is 0. The maximum absolute atomic E-state index is 13.6. The fraction of sp³-hybridized carbons (Fsp3) is 0.789. The standard InChI is InChI=1S/C57H101NO9/c1-6-9-12-15-18-21-23-25-27-29-31-33-36-39-42-46-54(59)64-50-52(51-65-55(60)47-43-40-37-34-32-30-28-26-24-22-19-16-13-10-7-2)66-56(61)53(45-41-38-35-20-17-14-11-8-3)67-57(62)63-49-44-48-58(4)5/h18-19,21-22,25-28,52-53H,6-17,20,23-24,29-51H2,1-5H3. The van der Waals surface area contributed by atoms with E-state index >= 15 is 0 Å². The fourth-order valence-corrected chi connectivity index (χ4v) is 7.41. The van der Waals surface area contributed by atoms with Gasteiger partial charge in [0.15, 0.2) is 6.10 Å². The van der Waals surface area contributed by atoms with Crippen molar-refractivity contribution in [2.45, 2.75) is 251 Å². The van der Waals surface area contributed by atoms with Gasteiger partial charge < -0.3 is 28.6 Å². The van der Waals surface area contributed by atoms with Gasteiger partial charge in [-0.3, -0.25) is 9.59 Å². The highest BCUT2D eigenvalue weighted by Gasteiger charge is 2.29. The van der Waals surface area contributed by atoms with E-state index in [1.807, 2.05) is 19.0 Å². The Bertz CT molecular complexity index is 1210. The second-order valence-corrected chi connectivity index (χ2v) is 18.5. The number of allylic oxidation sites excluding steroid dienone is 8. The summed E-state index contributed by atoms with van der Waals surface area (Å²) in [5.74, 6) is -1.56. The minimum absolute atomic E-state index is 0.161. The lowest BCUT2D eigenvalue weighted by Crippen LogP contribution is -2.37. The summed E-state index contributed by atoms with van der Waals surface area (Å²) in [7, 11) is 3.88. The zero-order valence-electron chi connectivity index (χ0n) is 43.8. The molecule has 388 valence electrons. The highest BCUT2D eigenvalue weighted by atomic mass is 16.7. The van der Waals surface area contributed by atoms with Crippen molar-refractivity contribution >= 4 is 24.1 Å². The third kappa shape index (κ3) is 47.5. The summed E-state index contributed by atoms with van der Waals surface area (Å²) in [4.78, 5) is 54.0. The lowest BCUT2D eigenvalue weighted by Gasteiger charge is -2.22. The van der Waals surface area contributed by atoms with Gasteiger partial charge in [0.05, 0.1) is 6.61 Å². The number of nitrogens with zero attached hydrogens (tertiary/aromatic N) is 1. The van der Waals surface area contributed by atoms with Crippen LogP contribution in [0.25, 0.3) is 0 Å². The third-order valence-corrected chi connectivity index (χ3v) is 11.6. The molecule has 0 saturated heterocycles. The first kappa shape index (κ1) is 63.6. The molecule has 0 heterocycles. The molecule has 0 saturated carbocycles. The number of carbonyl (C=O) groups excluding carboxylic acids is 4. The third-order valence-electron chi connectivity index (χ3n) is 11.6. The van der Waals surface area contributed by atoms with Gasteiger partial charge in [-0.1, -0.05) is 179 Å². The Morgan fingerprint density at radius 2 is 0.821 bits per heavy atom. The van der Waals surface area contributed by atoms with Crippen molar-refractivity contribution in [1.82, 2.24) is 4.90 Å². The molecule has 0 aromatic rings. The van der Waals surface area contributed by atoms with Gasteiger partial charge in [-0.2, -0.15) is 0 Å². The Morgan fingerprint density at radius 3 is 1.27 bits per heavy atom. The zero-order chi connectivity index (χ0) is 49.1. The average molecular weight is 944 g/mol. The van der Waals surface area contributed by atoms with Gasteiger partial charge in [0, 0.05) is 19.4 Å². The predicted molar refractivity (Wildman–Crippen MR) is 277 cm³/mol. The first-order valence-electron chi connectivity index (χ1n) is 27.3. The van der Waals surface area contributed by atoms with Gasteiger partial charge >= 0.3 is 24.1 Å². The van der Waals surface area contributed by atoms with Crippen molar-refractivity contribution in [3.63, 3.8) is 0 Å². The van der Waals surface area contributed by atoms with Crippen LogP contribution in [0.3, 0.4) is 0 Å². The SMILES string of the molecule is CCCCCC=CCC=CCCCCCCCC(=O)OCC(COC(=O)CCCCCCCC=CCC=CCCCCC)OC(=O)C(CCCCCCCCCC)OC(=O)OCCCN(C)C. The molecule has 0 spiro atoms. The van der Waals surface area contributed by atoms with Crippen molar-refractivity contribution in [3.8, 4) is 0 Å². The monoisotopic (exact) mass is 944 g/mol. The lowest BCUT2D eigenvalue weighted by atomic mass is 10.1. The van der Waals surface area contributed by atoms with E-state index in [-0.39, 0.29) is 39.1 Å². The fourth-order valence-electron chi connectivity index (χ4n) is 7.41. The Labute approximate surface area is 410 Å². The molecule has 0 amide bonds. The molecule has 0 aliphatic heterocycles. The van der Waals surface area contributed by atoms with Crippen molar-refractivity contribution in [2.24, 2.45) is 0 Å². The second-order valence-electron chi connectivity index (χ2n) is 18.5. The second kappa shape index (κ2) is 50.5. The summed E-state index contributed by atoms with van der Waals surface area (Å²) in [5, 5.41) is 0. The lowest BCUT2D eigenvalue weighted by molar-refractivity contribution is -0.174. The summed E-state index contributed by atoms with van der Waals surface area (Å²) < 4.78 is 27.8. The van der Waals surface area contributed by atoms with E-state index in [9.17, 15) is 19.2 Å². The minimum Gasteiger partial charge on any atom is -0.462 e. The van der Waals surface area contributed by atoms with Crippen molar-refractivity contribution in [2.75, 3.05) is 40.5 Å². The average Bonchev–Trinajstić information content (AvgIpc) is 3.31. The van der Waals surface area contributed by atoms with Crippen LogP contribution >= 0.6 is 0 Å². The number of hydrogen-bond donors (Lipinski definition) is 0. The van der Waals surface area contributed by atoms with Crippen LogP contribution in [0.5, 0.6) is 0 Å². The van der Waals surface area contributed by atoms with Crippen LogP contribution in [0, 0.1) is 0 Å². The van der Waals surface area contributed by atoms with Crippen LogP contribution < -0.4 is 0 Å². The number of rotatable bonds is 48. The molecule has 0 aliphatic rings. The van der Waals surface area contributed by atoms with Crippen molar-refractivity contribution < 1.29 is 42.9 Å². The molecule has 10 heteroatoms. The smallest absolute Gasteiger partial charge is 0.462 e.